The summed E-state index contributed by atoms with van der Waals surface area (Å²) in [5.74, 6) is -2.32. The van der Waals surface area contributed by atoms with Crippen molar-refractivity contribution in [2.24, 2.45) is 0 Å². The van der Waals surface area contributed by atoms with Crippen LogP contribution in [0.15, 0.2) is 60.8 Å². The summed E-state index contributed by atoms with van der Waals surface area (Å²) in [4.78, 5) is 29.1. The zero-order valence-corrected chi connectivity index (χ0v) is 21.0. The molecule has 7 nitrogen and oxygen atoms in total. The van der Waals surface area contributed by atoms with E-state index in [2.05, 4.69) is 15.6 Å². The monoisotopic (exact) mass is 506 g/mol. The summed E-state index contributed by atoms with van der Waals surface area (Å²) in [6, 6.07) is 12.8. The molecule has 0 fully saturated rings. The Balaban J connectivity index is 1.74. The predicted molar refractivity (Wildman–Crippen MR) is 138 cm³/mol. The maximum absolute atomic E-state index is 14.7. The van der Waals surface area contributed by atoms with Crippen LogP contribution in [0.2, 0.25) is 0 Å². The van der Waals surface area contributed by atoms with Crippen LogP contribution in [0.5, 0.6) is 0 Å². The highest BCUT2D eigenvalue weighted by Gasteiger charge is 2.24. The lowest BCUT2D eigenvalue weighted by Crippen LogP contribution is -2.30. The molecule has 0 saturated heterocycles. The lowest BCUT2D eigenvalue weighted by molar-refractivity contribution is -0.137. The van der Waals surface area contributed by atoms with Crippen molar-refractivity contribution in [2.75, 3.05) is 5.32 Å². The minimum Gasteiger partial charge on any atom is -0.481 e. The molecule has 0 bridgehead atoms. The Morgan fingerprint density at radius 3 is 2.41 bits per heavy atom. The van der Waals surface area contributed by atoms with Crippen molar-refractivity contribution in [1.29, 1.82) is 0 Å². The van der Waals surface area contributed by atoms with Gasteiger partial charge >= 0.3 is 5.97 Å². The molecule has 1 unspecified atom stereocenters. The van der Waals surface area contributed by atoms with Crippen LogP contribution in [-0.2, 0) is 4.79 Å². The molecule has 4 aromatic rings. The second-order valence-corrected chi connectivity index (χ2v) is 9.99. The molecular formula is C28H28F2N4O3. The number of amides is 1. The fourth-order valence-electron chi connectivity index (χ4n) is 3.99. The molecule has 0 radical (unpaired) electrons. The lowest BCUT2D eigenvalue weighted by atomic mass is 10.0. The van der Waals surface area contributed by atoms with Gasteiger partial charge in [-0.05, 0) is 63.6 Å². The summed E-state index contributed by atoms with van der Waals surface area (Å²) < 4.78 is 30.3. The molecule has 0 aliphatic carbocycles. The summed E-state index contributed by atoms with van der Waals surface area (Å²) in [5, 5.41) is 15.5. The largest absolute Gasteiger partial charge is 0.481 e. The van der Waals surface area contributed by atoms with Gasteiger partial charge in [0.05, 0.1) is 12.5 Å². The zero-order chi connectivity index (χ0) is 26.9. The topological polar surface area (TPSA) is 95.7 Å². The number of pyridine rings is 1. The molecule has 0 aliphatic rings. The third-order valence-corrected chi connectivity index (χ3v) is 5.73. The number of halogens is 2. The van der Waals surface area contributed by atoms with Crippen LogP contribution in [0.1, 0.15) is 54.7 Å². The third-order valence-electron chi connectivity index (χ3n) is 5.73. The van der Waals surface area contributed by atoms with Gasteiger partial charge in [0.15, 0.2) is 0 Å². The molecule has 192 valence electrons. The lowest BCUT2D eigenvalue weighted by Gasteiger charge is -2.22. The Morgan fingerprint density at radius 1 is 1.05 bits per heavy atom. The first-order valence-corrected chi connectivity index (χ1v) is 11.8. The van der Waals surface area contributed by atoms with Gasteiger partial charge in [-0.25, -0.2) is 13.8 Å². The zero-order valence-electron chi connectivity index (χ0n) is 21.0. The molecule has 1 amide bonds. The summed E-state index contributed by atoms with van der Waals surface area (Å²) in [5.41, 5.74) is 2.03. The van der Waals surface area contributed by atoms with E-state index in [0.717, 1.165) is 23.8 Å². The Morgan fingerprint density at radius 2 is 1.76 bits per heavy atom. The van der Waals surface area contributed by atoms with Crippen molar-refractivity contribution >= 4 is 23.3 Å². The number of carboxylic acids is 1. The van der Waals surface area contributed by atoms with Gasteiger partial charge in [-0.3, -0.25) is 14.0 Å². The number of aryl methyl sites for hydroxylation is 1. The Hall–Kier alpha value is -4.27. The van der Waals surface area contributed by atoms with Crippen LogP contribution >= 0.6 is 0 Å². The quantitative estimate of drug-likeness (QED) is 0.297. The summed E-state index contributed by atoms with van der Waals surface area (Å²) in [6.07, 6.45) is 1.33. The first-order chi connectivity index (χ1) is 17.4. The van der Waals surface area contributed by atoms with Gasteiger partial charge in [-0.2, -0.15) is 0 Å². The van der Waals surface area contributed by atoms with E-state index in [0.29, 0.717) is 17.0 Å². The highest BCUT2D eigenvalue weighted by molar-refractivity contribution is 5.96. The molecule has 2 aromatic heterocycles. The molecule has 9 heteroatoms. The van der Waals surface area contributed by atoms with Crippen LogP contribution in [0, 0.1) is 18.6 Å². The highest BCUT2D eigenvalue weighted by Crippen LogP contribution is 2.33. The van der Waals surface area contributed by atoms with Crippen LogP contribution in [0.25, 0.3) is 16.9 Å². The highest BCUT2D eigenvalue weighted by atomic mass is 19.1. The number of anilines is 1. The fourth-order valence-corrected chi connectivity index (χ4v) is 3.99. The van der Waals surface area contributed by atoms with E-state index in [1.54, 1.807) is 28.8 Å². The van der Waals surface area contributed by atoms with Crippen molar-refractivity contribution < 1.29 is 23.5 Å². The first kappa shape index (κ1) is 25.8. The van der Waals surface area contributed by atoms with E-state index in [1.807, 2.05) is 39.8 Å². The van der Waals surface area contributed by atoms with Crippen LogP contribution in [0.4, 0.5) is 14.6 Å². The van der Waals surface area contributed by atoms with Crippen LogP contribution in [0.3, 0.4) is 0 Å². The number of rotatable bonds is 7. The minimum atomic E-state index is -1.05. The maximum Gasteiger partial charge on any atom is 0.305 e. The molecule has 2 heterocycles. The number of imidazole rings is 1. The smallest absolute Gasteiger partial charge is 0.305 e. The SMILES string of the molecule is Cc1ccc(C(CC(=O)O)NC(=O)c2ccn3c(NC(C)(C)C)c(-c4cc(F)ccc4F)nc3c2)cc1. The maximum atomic E-state index is 14.7. The number of carbonyl (C=O) groups is 2. The number of carbonyl (C=O) groups excluding carboxylic acids is 1. The number of fused-ring (bicyclic) bond motifs is 1. The van der Waals surface area contributed by atoms with E-state index in [-0.39, 0.29) is 23.2 Å². The average molecular weight is 507 g/mol. The molecule has 0 aliphatic heterocycles. The van der Waals surface area contributed by atoms with Gasteiger partial charge in [0.1, 0.15) is 28.8 Å². The van der Waals surface area contributed by atoms with Crippen molar-refractivity contribution in [3.63, 3.8) is 0 Å². The number of benzene rings is 2. The van der Waals surface area contributed by atoms with Crippen molar-refractivity contribution in [3.05, 3.63) is 89.1 Å². The number of nitrogens with zero attached hydrogens (tertiary/aromatic N) is 2. The van der Waals surface area contributed by atoms with E-state index >= 15 is 0 Å². The molecule has 1 atom stereocenters. The standard InChI is InChI=1S/C28H28F2N4O3/c1-16-5-7-17(8-6-16)22(15-24(35)36)31-27(37)18-11-12-34-23(13-18)32-25(26(34)33-28(2,3)4)20-14-19(29)9-10-21(20)30/h5-14,22,33H,15H2,1-4H3,(H,31,37)(H,35,36). The van der Waals surface area contributed by atoms with Crippen molar-refractivity contribution in [3.8, 4) is 11.3 Å². The second kappa shape index (κ2) is 10.0. The summed E-state index contributed by atoms with van der Waals surface area (Å²) >= 11 is 0. The van der Waals surface area contributed by atoms with Gasteiger partial charge < -0.3 is 15.7 Å². The third kappa shape index (κ3) is 5.94. The van der Waals surface area contributed by atoms with Crippen molar-refractivity contribution in [2.45, 2.75) is 45.7 Å². The minimum absolute atomic E-state index is 0.0117. The van der Waals surface area contributed by atoms with E-state index in [9.17, 15) is 23.5 Å². The Bertz CT molecular complexity index is 1470. The fraction of sp³-hybridized carbons (Fsp3) is 0.250. The van der Waals surface area contributed by atoms with E-state index < -0.39 is 35.1 Å². The number of hydrogen-bond donors (Lipinski definition) is 3. The molecule has 4 rings (SSSR count). The van der Waals surface area contributed by atoms with Gasteiger partial charge in [0.2, 0.25) is 0 Å². The van der Waals surface area contributed by atoms with E-state index in [4.69, 9.17) is 0 Å². The molecule has 3 N–H and O–H groups in total. The van der Waals surface area contributed by atoms with Crippen molar-refractivity contribution in [1.82, 2.24) is 14.7 Å². The van der Waals surface area contributed by atoms with Gasteiger partial charge in [0.25, 0.3) is 5.91 Å². The van der Waals surface area contributed by atoms with Gasteiger partial charge in [-0.1, -0.05) is 29.8 Å². The Labute approximate surface area is 213 Å². The van der Waals surface area contributed by atoms with Gasteiger partial charge in [-0.15, -0.1) is 0 Å². The molecule has 37 heavy (non-hydrogen) atoms. The normalized spacial score (nSPS) is 12.4. The summed E-state index contributed by atoms with van der Waals surface area (Å²) in [6.45, 7) is 7.69. The van der Waals surface area contributed by atoms with E-state index in [1.165, 1.54) is 6.07 Å². The van der Waals surface area contributed by atoms with Gasteiger partial charge in [0, 0.05) is 22.9 Å². The molecule has 2 aromatic carbocycles. The molecule has 0 spiro atoms. The second-order valence-electron chi connectivity index (χ2n) is 9.99. The molecular weight excluding hydrogens is 478 g/mol. The number of hydrogen-bond acceptors (Lipinski definition) is 4. The number of aliphatic carboxylic acids is 1. The molecule has 0 saturated carbocycles. The summed E-state index contributed by atoms with van der Waals surface area (Å²) in [7, 11) is 0. The number of nitrogens with one attached hydrogen (secondary N) is 2. The predicted octanol–water partition coefficient (Wildman–Crippen LogP) is 5.74. The first-order valence-electron chi connectivity index (χ1n) is 11.8. The number of aromatic nitrogens is 2. The number of carboxylic acid groups (broad SMARTS) is 1. The Kier molecular flexibility index (Phi) is 6.98. The van der Waals surface area contributed by atoms with Crippen LogP contribution < -0.4 is 10.6 Å². The average Bonchev–Trinajstić information content (AvgIpc) is 3.16. The van der Waals surface area contributed by atoms with Crippen LogP contribution in [-0.4, -0.2) is 31.9 Å².